The molecule has 8 heteroatoms. The summed E-state index contributed by atoms with van der Waals surface area (Å²) in [6, 6.07) is 21.0. The molecule has 1 unspecified atom stereocenters. The number of hydrogen-bond donors (Lipinski definition) is 2. The topological polar surface area (TPSA) is 87.7 Å². The summed E-state index contributed by atoms with van der Waals surface area (Å²) in [7, 11) is 0. The minimum absolute atomic E-state index is 0.101. The minimum Gasteiger partial charge on any atom is -0.463 e. The second-order valence-electron chi connectivity index (χ2n) is 8.86. The quantitative estimate of drug-likeness (QED) is 0.371. The van der Waals surface area contributed by atoms with Crippen LogP contribution in [0.4, 0.5) is 14.9 Å². The van der Waals surface area contributed by atoms with Crippen molar-refractivity contribution >= 4 is 29.3 Å². The van der Waals surface area contributed by atoms with Crippen molar-refractivity contribution in [2.24, 2.45) is 0 Å². The van der Waals surface area contributed by atoms with Gasteiger partial charge in [0.05, 0.1) is 30.3 Å². The van der Waals surface area contributed by atoms with E-state index in [-0.39, 0.29) is 30.8 Å². The molecule has 0 bridgehead atoms. The predicted octanol–water partition coefficient (Wildman–Crippen LogP) is 5.46. The fraction of sp³-hybridized carbons (Fsp3) is 0.233. The second-order valence-corrected chi connectivity index (χ2v) is 8.86. The molecule has 0 spiro atoms. The number of carbonyl (C=O) groups excluding carboxylic acids is 3. The number of urea groups is 1. The Bertz CT molecular complexity index is 1320. The fourth-order valence-electron chi connectivity index (χ4n) is 4.43. The van der Waals surface area contributed by atoms with Gasteiger partial charge in [-0.1, -0.05) is 61.5 Å². The van der Waals surface area contributed by atoms with Gasteiger partial charge in [0.25, 0.3) is 0 Å². The van der Waals surface area contributed by atoms with Crippen LogP contribution in [-0.4, -0.2) is 36.0 Å². The summed E-state index contributed by atoms with van der Waals surface area (Å²) >= 11 is 0. The first-order chi connectivity index (χ1) is 18.4. The first kappa shape index (κ1) is 26.6. The highest BCUT2D eigenvalue weighted by molar-refractivity contribution is 6.04. The van der Waals surface area contributed by atoms with Crippen molar-refractivity contribution in [3.63, 3.8) is 0 Å². The molecule has 0 aliphatic carbocycles. The smallest absolute Gasteiger partial charge is 0.338 e. The number of nitrogens with zero attached hydrogens (tertiary/aromatic N) is 1. The van der Waals surface area contributed by atoms with Crippen molar-refractivity contribution in [3.8, 4) is 0 Å². The molecule has 3 amide bonds. The first-order valence-corrected chi connectivity index (χ1v) is 12.6. The van der Waals surface area contributed by atoms with E-state index in [2.05, 4.69) is 10.6 Å². The lowest BCUT2D eigenvalue weighted by Crippen LogP contribution is -2.48. The van der Waals surface area contributed by atoms with E-state index in [1.165, 1.54) is 12.1 Å². The van der Waals surface area contributed by atoms with E-state index in [4.69, 9.17) is 4.74 Å². The molecule has 1 heterocycles. The zero-order valence-corrected chi connectivity index (χ0v) is 21.4. The molecule has 0 aromatic heterocycles. The molecular formula is C30H30FN3O4. The summed E-state index contributed by atoms with van der Waals surface area (Å²) in [5, 5.41) is 5.79. The summed E-state index contributed by atoms with van der Waals surface area (Å²) in [5.41, 5.74) is 3.53. The normalized spacial score (nSPS) is 15.2. The largest absolute Gasteiger partial charge is 0.463 e. The van der Waals surface area contributed by atoms with Crippen LogP contribution in [0.5, 0.6) is 0 Å². The van der Waals surface area contributed by atoms with Gasteiger partial charge in [0.1, 0.15) is 5.82 Å². The second kappa shape index (κ2) is 12.2. The highest BCUT2D eigenvalue weighted by Gasteiger charge is 2.38. The van der Waals surface area contributed by atoms with E-state index in [0.29, 0.717) is 41.1 Å². The predicted molar refractivity (Wildman–Crippen MR) is 143 cm³/mol. The third-order valence-corrected chi connectivity index (χ3v) is 6.12. The van der Waals surface area contributed by atoms with E-state index in [9.17, 15) is 18.8 Å². The number of carbonyl (C=O) groups is 3. The van der Waals surface area contributed by atoms with Gasteiger partial charge in [0.2, 0.25) is 5.91 Å². The summed E-state index contributed by atoms with van der Waals surface area (Å²) < 4.78 is 18.6. The van der Waals surface area contributed by atoms with Crippen LogP contribution in [0, 0.1) is 5.82 Å². The SMILES string of the molecule is CCCN1C(=O)NC(c2ccc(NC(=O)Cc3ccc(F)cc3)cc2)C(C(=O)OCC)=C1c1ccccc1. The van der Waals surface area contributed by atoms with Gasteiger partial charge in [-0.2, -0.15) is 0 Å². The van der Waals surface area contributed by atoms with E-state index in [0.717, 1.165) is 5.56 Å². The lowest BCUT2D eigenvalue weighted by atomic mass is 9.91. The third kappa shape index (κ3) is 6.08. The van der Waals surface area contributed by atoms with E-state index >= 15 is 0 Å². The van der Waals surface area contributed by atoms with E-state index < -0.39 is 12.0 Å². The average molecular weight is 516 g/mol. The van der Waals surface area contributed by atoms with Crippen molar-refractivity contribution in [1.82, 2.24) is 10.2 Å². The molecule has 2 N–H and O–H groups in total. The zero-order chi connectivity index (χ0) is 27.1. The Labute approximate surface area is 221 Å². The molecule has 7 nitrogen and oxygen atoms in total. The zero-order valence-electron chi connectivity index (χ0n) is 21.4. The molecule has 4 rings (SSSR count). The number of benzene rings is 3. The molecule has 0 saturated carbocycles. The number of esters is 1. The Hall–Kier alpha value is -4.46. The maximum absolute atomic E-state index is 13.3. The molecule has 0 radical (unpaired) electrons. The Morgan fingerprint density at radius 1 is 0.974 bits per heavy atom. The van der Waals surface area contributed by atoms with Gasteiger partial charge in [-0.15, -0.1) is 0 Å². The number of nitrogens with one attached hydrogen (secondary N) is 2. The number of halogens is 1. The number of rotatable bonds is 9. The molecule has 1 atom stereocenters. The van der Waals surface area contributed by atoms with Crippen LogP contribution in [0.25, 0.3) is 5.70 Å². The lowest BCUT2D eigenvalue weighted by molar-refractivity contribution is -0.139. The van der Waals surface area contributed by atoms with Crippen LogP contribution >= 0.6 is 0 Å². The van der Waals surface area contributed by atoms with Crippen LogP contribution in [0.1, 0.15) is 43.0 Å². The average Bonchev–Trinajstić information content (AvgIpc) is 2.92. The molecular weight excluding hydrogens is 485 g/mol. The number of hydrogen-bond acceptors (Lipinski definition) is 4. The van der Waals surface area contributed by atoms with Gasteiger partial charge in [0.15, 0.2) is 0 Å². The molecule has 3 aromatic carbocycles. The first-order valence-electron chi connectivity index (χ1n) is 12.6. The Balaban J connectivity index is 1.65. The van der Waals surface area contributed by atoms with Gasteiger partial charge in [-0.3, -0.25) is 9.69 Å². The maximum Gasteiger partial charge on any atom is 0.338 e. The van der Waals surface area contributed by atoms with Crippen LogP contribution in [0.15, 0.2) is 84.4 Å². The van der Waals surface area contributed by atoms with Gasteiger partial charge < -0.3 is 15.4 Å². The fourth-order valence-corrected chi connectivity index (χ4v) is 4.43. The highest BCUT2D eigenvalue weighted by atomic mass is 19.1. The van der Waals surface area contributed by atoms with Gasteiger partial charge in [-0.05, 0) is 54.3 Å². The van der Waals surface area contributed by atoms with E-state index in [1.807, 2.05) is 37.3 Å². The Morgan fingerprint density at radius 3 is 2.29 bits per heavy atom. The summed E-state index contributed by atoms with van der Waals surface area (Å²) in [5.74, 6) is -1.11. The maximum atomic E-state index is 13.3. The number of anilines is 1. The molecule has 196 valence electrons. The number of ether oxygens (including phenoxy) is 1. The molecule has 0 saturated heterocycles. The Kier molecular flexibility index (Phi) is 8.53. The van der Waals surface area contributed by atoms with Gasteiger partial charge in [0, 0.05) is 12.2 Å². The van der Waals surface area contributed by atoms with Crippen LogP contribution in [0.3, 0.4) is 0 Å². The monoisotopic (exact) mass is 515 g/mol. The molecule has 1 aliphatic heterocycles. The van der Waals surface area contributed by atoms with Crippen LogP contribution < -0.4 is 10.6 Å². The minimum atomic E-state index is -0.742. The number of amides is 3. The van der Waals surface area contributed by atoms with Crippen molar-refractivity contribution < 1.29 is 23.5 Å². The third-order valence-electron chi connectivity index (χ3n) is 6.12. The summed E-state index contributed by atoms with van der Waals surface area (Å²) in [4.78, 5) is 40.6. The summed E-state index contributed by atoms with van der Waals surface area (Å²) in [6.45, 7) is 4.34. The Morgan fingerprint density at radius 2 is 1.66 bits per heavy atom. The highest BCUT2D eigenvalue weighted by Crippen LogP contribution is 2.37. The van der Waals surface area contributed by atoms with Crippen molar-refractivity contribution in [2.75, 3.05) is 18.5 Å². The molecule has 38 heavy (non-hydrogen) atoms. The van der Waals surface area contributed by atoms with E-state index in [1.54, 1.807) is 48.2 Å². The summed E-state index contributed by atoms with van der Waals surface area (Å²) in [6.07, 6.45) is 0.807. The van der Waals surface area contributed by atoms with Crippen LogP contribution in [-0.2, 0) is 20.7 Å². The van der Waals surface area contributed by atoms with Crippen LogP contribution in [0.2, 0.25) is 0 Å². The molecule has 3 aromatic rings. The van der Waals surface area contributed by atoms with Gasteiger partial charge in [-0.25, -0.2) is 14.0 Å². The van der Waals surface area contributed by atoms with Gasteiger partial charge >= 0.3 is 12.0 Å². The van der Waals surface area contributed by atoms with Crippen molar-refractivity contribution in [1.29, 1.82) is 0 Å². The molecule has 0 fully saturated rings. The van der Waals surface area contributed by atoms with Crippen molar-refractivity contribution in [3.05, 3.63) is 107 Å². The van der Waals surface area contributed by atoms with Crippen molar-refractivity contribution in [2.45, 2.75) is 32.7 Å². The standard InChI is InChI=1S/C30H30FN3O4/c1-3-18-34-28(22-8-6-5-7-9-22)26(29(36)38-4-2)27(33-30(34)37)21-12-16-24(17-13-21)32-25(35)19-20-10-14-23(31)15-11-20/h5-17,27H,3-4,18-19H2,1-2H3,(H,32,35)(H,33,37). The lowest BCUT2D eigenvalue weighted by Gasteiger charge is -2.36. The molecule has 1 aliphatic rings.